The van der Waals surface area contributed by atoms with Crippen molar-refractivity contribution in [2.75, 3.05) is 0 Å². The second-order valence-corrected chi connectivity index (χ2v) is 1.39. The lowest BCUT2D eigenvalue weighted by Crippen LogP contribution is -2.03. The summed E-state index contributed by atoms with van der Waals surface area (Å²) in [7, 11) is 0. The summed E-state index contributed by atoms with van der Waals surface area (Å²) in [5.41, 5.74) is 4.65. The Hall–Kier alpha value is -1.19. The van der Waals surface area contributed by atoms with Crippen LogP contribution < -0.4 is 5.73 Å². The van der Waals surface area contributed by atoms with Gasteiger partial charge in [-0.05, 0) is 6.42 Å². The van der Waals surface area contributed by atoms with Gasteiger partial charge in [0.1, 0.15) is 6.29 Å². The van der Waals surface area contributed by atoms with Crippen molar-refractivity contribution < 1.29 is 9.59 Å². The van der Waals surface area contributed by atoms with E-state index in [-0.39, 0.29) is 0 Å². The molecule has 0 fully saturated rings. The second kappa shape index (κ2) is 4.96. The number of nitrogens with zero attached hydrogens (tertiary/aromatic N) is 1. The Morgan fingerprint density at radius 3 is 2.67 bits per heavy atom. The normalized spacial score (nSPS) is 9.78. The van der Waals surface area contributed by atoms with Gasteiger partial charge in [-0.3, -0.25) is 0 Å². The van der Waals surface area contributed by atoms with Gasteiger partial charge in [0.25, 0.3) is 0 Å². The summed E-state index contributed by atoms with van der Waals surface area (Å²) < 4.78 is 0. The first-order valence-electron chi connectivity index (χ1n) is 2.53. The van der Waals surface area contributed by atoms with E-state index in [2.05, 4.69) is 10.7 Å². The molecule has 4 heteroatoms. The lowest BCUT2D eigenvalue weighted by molar-refractivity contribution is -0.107. The number of unbranched alkanes of at least 4 members (excludes halogenated alkanes) is 1. The average Bonchev–Trinajstić information content (AvgIpc) is 1.80. The molecule has 2 amide bonds. The van der Waals surface area contributed by atoms with E-state index in [4.69, 9.17) is 0 Å². The van der Waals surface area contributed by atoms with Gasteiger partial charge in [0.15, 0.2) is 0 Å². The van der Waals surface area contributed by atoms with Crippen LogP contribution in [0.5, 0.6) is 0 Å². The molecule has 0 aliphatic rings. The van der Waals surface area contributed by atoms with Crippen molar-refractivity contribution in [2.24, 2.45) is 10.7 Å². The van der Waals surface area contributed by atoms with E-state index in [0.717, 1.165) is 6.29 Å². The highest BCUT2D eigenvalue weighted by atomic mass is 16.2. The van der Waals surface area contributed by atoms with Crippen molar-refractivity contribution in [2.45, 2.75) is 12.8 Å². The maximum atomic E-state index is 9.90. The fourth-order valence-electron chi connectivity index (χ4n) is 0.297. The van der Waals surface area contributed by atoms with Crippen LogP contribution >= 0.6 is 0 Å². The summed E-state index contributed by atoms with van der Waals surface area (Å²) in [6.45, 7) is 0. The number of aldehydes is 1. The number of hydrogen-bond acceptors (Lipinski definition) is 2. The zero-order valence-corrected chi connectivity index (χ0v) is 4.91. The number of primary amides is 1. The molecule has 0 radical (unpaired) electrons. The van der Waals surface area contributed by atoms with Crippen LogP contribution in [-0.2, 0) is 4.79 Å². The Morgan fingerprint density at radius 1 is 1.56 bits per heavy atom. The van der Waals surface area contributed by atoms with E-state index < -0.39 is 6.03 Å². The number of aliphatic imine (C=N–C) groups is 1. The Morgan fingerprint density at radius 2 is 2.22 bits per heavy atom. The quantitative estimate of drug-likeness (QED) is 0.333. The molecule has 0 heterocycles. The van der Waals surface area contributed by atoms with Gasteiger partial charge >= 0.3 is 6.03 Å². The van der Waals surface area contributed by atoms with E-state index in [1.165, 1.54) is 6.21 Å². The molecule has 0 aliphatic carbocycles. The van der Waals surface area contributed by atoms with Crippen LogP contribution in [0.4, 0.5) is 4.79 Å². The summed E-state index contributed by atoms with van der Waals surface area (Å²) in [6.07, 6.45) is 2.95. The number of hydrogen-bond donors (Lipinski definition) is 1. The molecule has 50 valence electrons. The van der Waals surface area contributed by atoms with Gasteiger partial charge in [0.2, 0.25) is 0 Å². The van der Waals surface area contributed by atoms with Crippen molar-refractivity contribution in [1.29, 1.82) is 0 Å². The largest absolute Gasteiger partial charge is 0.350 e. The molecule has 0 bridgehead atoms. The van der Waals surface area contributed by atoms with Crippen LogP contribution in [0.2, 0.25) is 0 Å². The molecular weight excluding hydrogens is 120 g/mol. The molecule has 0 saturated carbocycles. The first-order valence-corrected chi connectivity index (χ1v) is 2.53. The summed E-state index contributed by atoms with van der Waals surface area (Å²) in [4.78, 5) is 22.8. The molecule has 0 saturated heterocycles. The number of amides is 2. The highest BCUT2D eigenvalue weighted by molar-refractivity contribution is 5.82. The van der Waals surface area contributed by atoms with Crippen LogP contribution in [0.3, 0.4) is 0 Å². The first-order chi connectivity index (χ1) is 4.27. The molecule has 0 spiro atoms. The van der Waals surface area contributed by atoms with Crippen molar-refractivity contribution in [1.82, 2.24) is 0 Å². The van der Waals surface area contributed by atoms with Gasteiger partial charge < -0.3 is 10.5 Å². The van der Waals surface area contributed by atoms with Gasteiger partial charge in [0.05, 0.1) is 0 Å². The highest BCUT2D eigenvalue weighted by Crippen LogP contribution is 1.78. The molecule has 0 aromatic carbocycles. The van der Waals surface area contributed by atoms with E-state index in [1.54, 1.807) is 0 Å². The van der Waals surface area contributed by atoms with Crippen molar-refractivity contribution in [3.05, 3.63) is 0 Å². The van der Waals surface area contributed by atoms with Crippen molar-refractivity contribution in [3.63, 3.8) is 0 Å². The van der Waals surface area contributed by atoms with E-state index in [1.807, 2.05) is 0 Å². The minimum absolute atomic E-state index is 0.386. The predicted octanol–water partition coefficient (Wildman–Crippen LogP) is 0.115. The smallest absolute Gasteiger partial charge is 0.337 e. The van der Waals surface area contributed by atoms with Gasteiger partial charge in [-0.1, -0.05) is 0 Å². The van der Waals surface area contributed by atoms with E-state index in [9.17, 15) is 9.59 Å². The van der Waals surface area contributed by atoms with Crippen LogP contribution in [0.15, 0.2) is 4.99 Å². The minimum atomic E-state index is -0.721. The zero-order valence-electron chi connectivity index (χ0n) is 4.91. The number of rotatable bonds is 3. The Balaban J connectivity index is 3.24. The second-order valence-electron chi connectivity index (χ2n) is 1.39. The van der Waals surface area contributed by atoms with E-state index in [0.29, 0.717) is 12.8 Å². The predicted molar refractivity (Wildman–Crippen MR) is 33.4 cm³/mol. The molecule has 0 aromatic rings. The van der Waals surface area contributed by atoms with Gasteiger partial charge in [0, 0.05) is 12.6 Å². The molecule has 2 N–H and O–H groups in total. The summed E-state index contributed by atoms with van der Waals surface area (Å²) in [5, 5.41) is 0. The van der Waals surface area contributed by atoms with Gasteiger partial charge in [-0.25, -0.2) is 9.79 Å². The fourth-order valence-corrected chi connectivity index (χ4v) is 0.297. The van der Waals surface area contributed by atoms with E-state index >= 15 is 0 Å². The molecule has 9 heavy (non-hydrogen) atoms. The molecular formula is C5H8N2O2. The van der Waals surface area contributed by atoms with Crippen LogP contribution in [0, 0.1) is 0 Å². The summed E-state index contributed by atoms with van der Waals surface area (Å²) >= 11 is 0. The number of carbonyl (C=O) groups is 2. The molecule has 4 nitrogen and oxygen atoms in total. The topological polar surface area (TPSA) is 72.5 Å². The number of carbonyl (C=O) groups excluding carboxylic acids is 2. The lowest BCUT2D eigenvalue weighted by atomic mass is 10.4. The molecule has 0 unspecified atom stereocenters. The first kappa shape index (κ1) is 7.81. The summed E-state index contributed by atoms with van der Waals surface area (Å²) in [6, 6.07) is -0.721. The number of urea groups is 1. The summed E-state index contributed by atoms with van der Waals surface area (Å²) in [5.74, 6) is 0. The number of nitrogens with two attached hydrogens (primary N) is 1. The monoisotopic (exact) mass is 128 g/mol. The minimum Gasteiger partial charge on any atom is -0.350 e. The SMILES string of the molecule is NC(=O)N=CCCC=O. The standard InChI is InChI=1S/C5H8N2O2/c6-5(9)7-3-1-2-4-8/h3-4H,1-2H2,(H2,6,9). The van der Waals surface area contributed by atoms with Crippen molar-refractivity contribution in [3.8, 4) is 0 Å². The fraction of sp³-hybridized carbons (Fsp3) is 0.400. The Labute approximate surface area is 52.8 Å². The molecule has 0 atom stereocenters. The molecule has 0 aliphatic heterocycles. The maximum absolute atomic E-state index is 9.90. The third-order valence-electron chi connectivity index (χ3n) is 0.632. The van der Waals surface area contributed by atoms with Gasteiger partial charge in [-0.15, -0.1) is 0 Å². The van der Waals surface area contributed by atoms with Crippen molar-refractivity contribution >= 4 is 18.5 Å². The Kier molecular flexibility index (Phi) is 4.30. The van der Waals surface area contributed by atoms with Gasteiger partial charge in [-0.2, -0.15) is 0 Å². The van der Waals surface area contributed by atoms with Crippen LogP contribution in [0.1, 0.15) is 12.8 Å². The average molecular weight is 128 g/mol. The highest BCUT2D eigenvalue weighted by Gasteiger charge is 1.81. The van der Waals surface area contributed by atoms with Crippen LogP contribution in [-0.4, -0.2) is 18.5 Å². The molecule has 0 rings (SSSR count). The molecule has 0 aromatic heterocycles. The Bertz CT molecular complexity index is 131. The lowest BCUT2D eigenvalue weighted by Gasteiger charge is -1.79. The maximum Gasteiger partial charge on any atom is 0.337 e. The third-order valence-corrected chi connectivity index (χ3v) is 0.632. The van der Waals surface area contributed by atoms with Crippen LogP contribution in [0.25, 0.3) is 0 Å². The zero-order chi connectivity index (χ0) is 7.11. The third kappa shape index (κ3) is 6.81.